The molecule has 0 radical (unpaired) electrons. The lowest BCUT2D eigenvalue weighted by Crippen LogP contribution is -2.43. The van der Waals surface area contributed by atoms with Gasteiger partial charge in [0.25, 0.3) is 0 Å². The van der Waals surface area contributed by atoms with Gasteiger partial charge in [0, 0.05) is 12.1 Å². The second-order valence-corrected chi connectivity index (χ2v) is 5.57. The number of piperidine rings is 1. The van der Waals surface area contributed by atoms with Crippen LogP contribution >= 0.6 is 15.9 Å². The van der Waals surface area contributed by atoms with Crippen LogP contribution in [0.3, 0.4) is 0 Å². The van der Waals surface area contributed by atoms with E-state index in [1.165, 1.54) is 24.8 Å². The van der Waals surface area contributed by atoms with Gasteiger partial charge in [0.15, 0.2) is 0 Å². The predicted octanol–water partition coefficient (Wildman–Crippen LogP) is 2.86. The van der Waals surface area contributed by atoms with Crippen LogP contribution < -0.4 is 15.4 Å². The van der Waals surface area contributed by atoms with Crippen LogP contribution in [0.1, 0.15) is 30.9 Å². The fraction of sp³-hybridized carbons (Fsp3) is 0.571. The van der Waals surface area contributed by atoms with E-state index >= 15 is 0 Å². The molecule has 1 saturated heterocycles. The van der Waals surface area contributed by atoms with Crippen molar-refractivity contribution in [1.82, 2.24) is 10.6 Å². The molecule has 0 aliphatic carbocycles. The summed E-state index contributed by atoms with van der Waals surface area (Å²) in [4.78, 5) is 0. The van der Waals surface area contributed by atoms with Crippen molar-refractivity contribution in [3.63, 3.8) is 0 Å². The highest BCUT2D eigenvalue weighted by Gasteiger charge is 2.23. The second-order valence-electron chi connectivity index (χ2n) is 4.72. The lowest BCUT2D eigenvalue weighted by molar-refractivity contribution is 0.326. The van der Waals surface area contributed by atoms with Crippen LogP contribution in [0.15, 0.2) is 22.7 Å². The smallest absolute Gasteiger partial charge is 0.133 e. The van der Waals surface area contributed by atoms with Crippen LogP contribution in [-0.2, 0) is 0 Å². The second kappa shape index (κ2) is 6.55. The average molecular weight is 313 g/mol. The lowest BCUT2D eigenvalue weighted by Gasteiger charge is -2.31. The van der Waals surface area contributed by atoms with Crippen molar-refractivity contribution in [2.75, 3.05) is 20.7 Å². The maximum Gasteiger partial charge on any atom is 0.133 e. The van der Waals surface area contributed by atoms with E-state index in [1.807, 2.05) is 13.1 Å². The summed E-state index contributed by atoms with van der Waals surface area (Å²) in [5, 5.41) is 7.04. The largest absolute Gasteiger partial charge is 0.496 e. The number of likely N-dealkylation sites (N-methyl/N-ethyl adjacent to an activating group) is 1. The molecule has 1 aliphatic heterocycles. The maximum absolute atomic E-state index is 5.28. The quantitative estimate of drug-likeness (QED) is 0.897. The minimum absolute atomic E-state index is 0.354. The number of rotatable bonds is 4. The number of hydrogen-bond donors (Lipinski definition) is 2. The molecular weight excluding hydrogens is 292 g/mol. The molecule has 2 N–H and O–H groups in total. The van der Waals surface area contributed by atoms with Crippen molar-refractivity contribution in [3.8, 4) is 5.75 Å². The van der Waals surface area contributed by atoms with Crippen molar-refractivity contribution in [1.29, 1.82) is 0 Å². The van der Waals surface area contributed by atoms with Crippen molar-refractivity contribution >= 4 is 15.9 Å². The number of hydrogen-bond acceptors (Lipinski definition) is 3. The standard InChI is InChI=1S/C14H21BrN2O/c1-16-14(12-5-3-4-8-17-12)10-6-7-13(18-2)11(15)9-10/h6-7,9,12,14,16-17H,3-5,8H2,1-2H3. The van der Waals surface area contributed by atoms with Crippen molar-refractivity contribution < 1.29 is 4.74 Å². The van der Waals surface area contributed by atoms with Crippen molar-refractivity contribution in [2.24, 2.45) is 0 Å². The molecule has 18 heavy (non-hydrogen) atoms. The van der Waals surface area contributed by atoms with E-state index in [9.17, 15) is 0 Å². The Kier molecular flexibility index (Phi) is 5.03. The molecule has 2 atom stereocenters. The molecule has 4 heteroatoms. The summed E-state index contributed by atoms with van der Waals surface area (Å²) in [6.45, 7) is 1.13. The van der Waals surface area contributed by atoms with Gasteiger partial charge in [0.2, 0.25) is 0 Å². The molecule has 0 amide bonds. The third kappa shape index (κ3) is 3.05. The van der Waals surface area contributed by atoms with Crippen LogP contribution in [0.2, 0.25) is 0 Å². The van der Waals surface area contributed by atoms with Crippen molar-refractivity contribution in [2.45, 2.75) is 31.3 Å². The summed E-state index contributed by atoms with van der Waals surface area (Å²) in [5.74, 6) is 0.880. The Morgan fingerprint density at radius 3 is 2.83 bits per heavy atom. The molecule has 0 aromatic heterocycles. The lowest BCUT2D eigenvalue weighted by atomic mass is 9.93. The Bertz CT molecular complexity index is 391. The van der Waals surface area contributed by atoms with Gasteiger partial charge in [-0.25, -0.2) is 0 Å². The van der Waals surface area contributed by atoms with Crippen LogP contribution in [0.25, 0.3) is 0 Å². The first-order valence-corrected chi connectivity index (χ1v) is 7.29. The van der Waals surface area contributed by atoms with E-state index in [1.54, 1.807) is 7.11 Å². The van der Waals surface area contributed by atoms with Gasteiger partial charge in [-0.15, -0.1) is 0 Å². The van der Waals surface area contributed by atoms with Gasteiger partial charge in [0.1, 0.15) is 5.75 Å². The first-order valence-electron chi connectivity index (χ1n) is 6.50. The maximum atomic E-state index is 5.28. The number of nitrogens with one attached hydrogen (secondary N) is 2. The number of methoxy groups -OCH3 is 1. The van der Waals surface area contributed by atoms with Gasteiger partial charge in [-0.05, 0) is 60.1 Å². The SMILES string of the molecule is CNC(c1ccc(OC)c(Br)c1)C1CCCCN1. The average Bonchev–Trinajstić information content (AvgIpc) is 2.41. The molecule has 0 spiro atoms. The highest BCUT2D eigenvalue weighted by Crippen LogP contribution is 2.30. The summed E-state index contributed by atoms with van der Waals surface area (Å²) in [7, 11) is 3.72. The molecule has 1 aliphatic rings. The minimum atomic E-state index is 0.354. The van der Waals surface area contributed by atoms with E-state index < -0.39 is 0 Å². The zero-order valence-electron chi connectivity index (χ0n) is 11.0. The number of ether oxygens (including phenoxy) is 1. The van der Waals surface area contributed by atoms with E-state index in [0.717, 1.165) is 16.8 Å². The summed E-state index contributed by atoms with van der Waals surface area (Å²) in [5.41, 5.74) is 1.30. The molecule has 1 heterocycles. The predicted molar refractivity (Wildman–Crippen MR) is 78.1 cm³/mol. The molecule has 2 rings (SSSR count). The van der Waals surface area contributed by atoms with E-state index in [2.05, 4.69) is 38.7 Å². The van der Waals surface area contributed by atoms with Crippen LogP contribution in [0.5, 0.6) is 5.75 Å². The Balaban J connectivity index is 2.18. The molecule has 100 valence electrons. The summed E-state index contributed by atoms with van der Waals surface area (Å²) >= 11 is 3.56. The third-order valence-corrected chi connectivity index (χ3v) is 4.22. The topological polar surface area (TPSA) is 33.3 Å². The Morgan fingerprint density at radius 1 is 1.44 bits per heavy atom. The van der Waals surface area contributed by atoms with Gasteiger partial charge in [0.05, 0.1) is 11.6 Å². The monoisotopic (exact) mass is 312 g/mol. The summed E-state index contributed by atoms with van der Waals surface area (Å²) in [6, 6.07) is 7.18. The molecule has 3 nitrogen and oxygen atoms in total. The minimum Gasteiger partial charge on any atom is -0.496 e. The molecule has 1 fully saturated rings. The number of halogens is 1. The van der Waals surface area contributed by atoms with Gasteiger partial charge < -0.3 is 15.4 Å². The van der Waals surface area contributed by atoms with Crippen molar-refractivity contribution in [3.05, 3.63) is 28.2 Å². The van der Waals surface area contributed by atoms with Gasteiger partial charge in [-0.3, -0.25) is 0 Å². The number of benzene rings is 1. The van der Waals surface area contributed by atoms with E-state index in [4.69, 9.17) is 4.74 Å². The molecular formula is C14H21BrN2O. The highest BCUT2D eigenvalue weighted by atomic mass is 79.9. The molecule has 0 saturated carbocycles. The summed E-state index contributed by atoms with van der Waals surface area (Å²) < 4.78 is 6.29. The van der Waals surface area contributed by atoms with E-state index in [-0.39, 0.29) is 0 Å². The van der Waals surface area contributed by atoms with Crippen LogP contribution in [0, 0.1) is 0 Å². The van der Waals surface area contributed by atoms with Gasteiger partial charge in [-0.2, -0.15) is 0 Å². The Labute approximate surface area is 117 Å². The molecule has 0 bridgehead atoms. The fourth-order valence-electron chi connectivity index (χ4n) is 2.64. The Hall–Kier alpha value is -0.580. The van der Waals surface area contributed by atoms with Crippen LogP contribution in [0.4, 0.5) is 0 Å². The Morgan fingerprint density at radius 2 is 2.28 bits per heavy atom. The highest BCUT2D eigenvalue weighted by molar-refractivity contribution is 9.10. The third-order valence-electron chi connectivity index (χ3n) is 3.60. The van der Waals surface area contributed by atoms with Crippen LogP contribution in [-0.4, -0.2) is 26.7 Å². The molecule has 2 unspecified atom stereocenters. The first kappa shape index (κ1) is 13.8. The van der Waals surface area contributed by atoms with Gasteiger partial charge in [-0.1, -0.05) is 12.5 Å². The zero-order valence-corrected chi connectivity index (χ0v) is 12.6. The summed E-state index contributed by atoms with van der Waals surface area (Å²) in [6.07, 6.45) is 3.83. The molecule has 1 aromatic rings. The fourth-order valence-corrected chi connectivity index (χ4v) is 3.20. The van der Waals surface area contributed by atoms with E-state index in [0.29, 0.717) is 12.1 Å². The van der Waals surface area contributed by atoms with Gasteiger partial charge >= 0.3 is 0 Å². The zero-order chi connectivity index (χ0) is 13.0. The normalized spacial score (nSPS) is 21.6. The first-order chi connectivity index (χ1) is 8.76. The molecule has 1 aromatic carbocycles.